The van der Waals surface area contributed by atoms with Crippen molar-refractivity contribution in [2.75, 3.05) is 13.4 Å². The van der Waals surface area contributed by atoms with Crippen molar-refractivity contribution in [1.29, 1.82) is 0 Å². The van der Waals surface area contributed by atoms with E-state index in [1.54, 1.807) is 20.8 Å². The number of carbonyl (C=O) groups is 2. The van der Waals surface area contributed by atoms with Gasteiger partial charge in [-0.05, 0) is 38.5 Å². The Bertz CT molecular complexity index is 765. The molecule has 10 heteroatoms. The number of carbonyl (C=O) groups excluding carboxylic acids is 2. The Morgan fingerprint density at radius 1 is 1.19 bits per heavy atom. The highest BCUT2D eigenvalue weighted by Gasteiger charge is 2.43. The Morgan fingerprint density at radius 3 is 2.08 bits per heavy atom. The van der Waals surface area contributed by atoms with Gasteiger partial charge in [0.25, 0.3) is 0 Å². The lowest BCUT2D eigenvalue weighted by molar-refractivity contribution is -0.147. The van der Waals surface area contributed by atoms with Crippen LogP contribution in [0.5, 0.6) is 0 Å². The van der Waals surface area contributed by atoms with E-state index in [-0.39, 0.29) is 10.5 Å². The summed E-state index contributed by atoms with van der Waals surface area (Å²) in [5.74, 6) is -0.958. The first-order valence-electron chi connectivity index (χ1n) is 7.51. The second kappa shape index (κ2) is 7.85. The fraction of sp³-hybridized carbons (Fsp3) is 0.500. The molecule has 0 fully saturated rings. The molecule has 0 spiro atoms. The second-order valence-electron chi connectivity index (χ2n) is 6.63. The first-order chi connectivity index (χ1) is 11.7. The second-order valence-corrected chi connectivity index (χ2v) is 9.32. The number of amides is 1. The van der Waals surface area contributed by atoms with Gasteiger partial charge in [-0.2, -0.15) is 0 Å². The average molecular weight is 405 g/mol. The van der Waals surface area contributed by atoms with Gasteiger partial charge >= 0.3 is 12.1 Å². The lowest BCUT2D eigenvalue weighted by Crippen LogP contribution is -2.54. The molecular formula is C16H23NO7S2. The van der Waals surface area contributed by atoms with Crippen LogP contribution in [0.1, 0.15) is 26.3 Å². The predicted molar refractivity (Wildman–Crippen MR) is 97.6 cm³/mol. The monoisotopic (exact) mass is 405 g/mol. The Kier molecular flexibility index (Phi) is 6.72. The molecule has 1 aromatic carbocycles. The van der Waals surface area contributed by atoms with Gasteiger partial charge in [0.1, 0.15) is 5.60 Å². The maximum atomic E-state index is 12.1. The van der Waals surface area contributed by atoms with E-state index in [0.717, 1.165) is 13.4 Å². The average Bonchev–Trinajstić information content (AvgIpc) is 2.49. The molecule has 0 aliphatic heterocycles. The van der Waals surface area contributed by atoms with Crippen LogP contribution in [0, 0.1) is 0 Å². The smallest absolute Gasteiger partial charge is 0.408 e. The van der Waals surface area contributed by atoms with Crippen molar-refractivity contribution in [3.63, 3.8) is 0 Å². The number of rotatable bonds is 5. The quantitative estimate of drug-likeness (QED) is 0.383. The number of sulfone groups is 1. The summed E-state index contributed by atoms with van der Waals surface area (Å²) in [4.78, 5) is 21.9. The van der Waals surface area contributed by atoms with Crippen molar-refractivity contribution >= 4 is 34.5 Å². The molecule has 8 nitrogen and oxygen atoms in total. The highest BCUT2D eigenvalue weighted by Crippen LogP contribution is 2.31. The number of methoxy groups -OCH3 is 1. The number of hydrogen-bond donors (Lipinski definition) is 3. The topological polar surface area (TPSA) is 119 Å². The molecule has 0 saturated heterocycles. The minimum atomic E-state index is -3.43. The van der Waals surface area contributed by atoms with Crippen molar-refractivity contribution < 1.29 is 32.6 Å². The molecule has 0 bridgehead atoms. The van der Waals surface area contributed by atoms with Crippen molar-refractivity contribution in [2.45, 2.75) is 42.2 Å². The number of thiol groups is 1. The Morgan fingerprint density at radius 2 is 1.69 bits per heavy atom. The van der Waals surface area contributed by atoms with Gasteiger partial charge in [0, 0.05) is 6.26 Å². The minimum Gasteiger partial charge on any atom is -0.467 e. The predicted octanol–water partition coefficient (Wildman–Crippen LogP) is 1.23. The van der Waals surface area contributed by atoms with Gasteiger partial charge in [-0.25, -0.2) is 18.0 Å². The molecular weight excluding hydrogens is 382 g/mol. The van der Waals surface area contributed by atoms with E-state index in [9.17, 15) is 23.1 Å². The summed E-state index contributed by atoms with van der Waals surface area (Å²) < 4.78 is 32.8. The Labute approximate surface area is 158 Å². The molecule has 0 radical (unpaired) electrons. The van der Waals surface area contributed by atoms with Crippen LogP contribution in [0.25, 0.3) is 0 Å². The van der Waals surface area contributed by atoms with Crippen LogP contribution in [0.4, 0.5) is 4.79 Å². The van der Waals surface area contributed by atoms with Crippen LogP contribution in [0.15, 0.2) is 29.2 Å². The molecule has 0 aromatic heterocycles. The van der Waals surface area contributed by atoms with E-state index < -0.39 is 38.5 Å². The third kappa shape index (κ3) is 5.89. The van der Waals surface area contributed by atoms with E-state index >= 15 is 0 Å². The van der Waals surface area contributed by atoms with Crippen LogP contribution in [0.2, 0.25) is 0 Å². The lowest BCUT2D eigenvalue weighted by atomic mass is 10.0. The zero-order chi connectivity index (χ0) is 20.3. The summed E-state index contributed by atoms with van der Waals surface area (Å²) in [6, 6.07) is 3.49. The van der Waals surface area contributed by atoms with Gasteiger partial charge in [-0.15, -0.1) is 12.6 Å². The summed E-state index contributed by atoms with van der Waals surface area (Å²) in [6.07, 6.45) is 0.0871. The molecule has 1 aromatic rings. The molecule has 2 atom stereocenters. The van der Waals surface area contributed by atoms with Crippen LogP contribution >= 0.6 is 12.6 Å². The maximum absolute atomic E-state index is 12.1. The van der Waals surface area contributed by atoms with Gasteiger partial charge < -0.3 is 19.9 Å². The lowest BCUT2D eigenvalue weighted by Gasteiger charge is -2.31. The molecule has 146 valence electrons. The maximum Gasteiger partial charge on any atom is 0.408 e. The molecule has 1 rings (SSSR count). The van der Waals surface area contributed by atoms with Gasteiger partial charge in [-0.1, -0.05) is 12.1 Å². The molecule has 0 saturated carbocycles. The van der Waals surface area contributed by atoms with E-state index in [4.69, 9.17) is 4.74 Å². The van der Waals surface area contributed by atoms with Crippen LogP contribution in [-0.2, 0) is 29.0 Å². The number of hydrogen-bond acceptors (Lipinski definition) is 8. The number of nitrogens with one attached hydrogen (secondary N) is 1. The Hall–Kier alpha value is -1.78. The molecule has 26 heavy (non-hydrogen) atoms. The third-order valence-electron chi connectivity index (χ3n) is 3.21. The minimum absolute atomic E-state index is 0.0279. The van der Waals surface area contributed by atoms with Crippen LogP contribution in [-0.4, -0.2) is 50.6 Å². The highest BCUT2D eigenvalue weighted by atomic mass is 32.2. The number of ether oxygens (including phenoxy) is 2. The van der Waals surface area contributed by atoms with E-state index in [1.807, 2.05) is 0 Å². The molecule has 0 heterocycles. The largest absolute Gasteiger partial charge is 0.467 e. The zero-order valence-electron chi connectivity index (χ0n) is 15.1. The van der Waals surface area contributed by atoms with E-state index in [1.165, 1.54) is 24.3 Å². The summed E-state index contributed by atoms with van der Waals surface area (Å²) >= 11 is 4.09. The standard InChI is InChI=1S/C16H23NO7S2/c1-15(2,3)24-14(19)17-12(13(18)23-4)16(20,25)10-6-8-11(9-7-10)26(5,21)22/h6-9,12,20,25H,1-5H3,(H,17,19)/t12-,16+/m1/s1. The fourth-order valence-electron chi connectivity index (χ4n) is 1.98. The van der Waals surface area contributed by atoms with Gasteiger partial charge in [-0.3, -0.25) is 0 Å². The molecule has 0 aliphatic rings. The summed E-state index contributed by atoms with van der Waals surface area (Å²) in [7, 11) is -2.35. The van der Waals surface area contributed by atoms with Crippen molar-refractivity contribution in [3.05, 3.63) is 29.8 Å². The van der Waals surface area contributed by atoms with Crippen LogP contribution in [0.3, 0.4) is 0 Å². The van der Waals surface area contributed by atoms with E-state index in [2.05, 4.69) is 22.7 Å². The van der Waals surface area contributed by atoms with Crippen molar-refractivity contribution in [1.82, 2.24) is 5.32 Å². The summed E-state index contributed by atoms with van der Waals surface area (Å²) in [5.41, 5.74) is -0.740. The number of aliphatic hydroxyl groups is 1. The van der Waals surface area contributed by atoms with Gasteiger partial charge in [0.15, 0.2) is 20.8 Å². The number of benzene rings is 1. The molecule has 0 aliphatic carbocycles. The fourth-order valence-corrected chi connectivity index (χ4v) is 2.93. The van der Waals surface area contributed by atoms with Gasteiger partial charge in [0.05, 0.1) is 12.0 Å². The first-order valence-corrected chi connectivity index (χ1v) is 9.85. The highest BCUT2D eigenvalue weighted by molar-refractivity contribution is 7.90. The molecule has 1 amide bonds. The SMILES string of the molecule is COC(=O)[C@@H](NC(=O)OC(C)(C)C)[C@@](O)(S)c1ccc(S(C)(=O)=O)cc1. The zero-order valence-corrected chi connectivity index (χ0v) is 16.8. The number of esters is 1. The summed E-state index contributed by atoms with van der Waals surface area (Å²) in [5, 5.41) is 13.0. The summed E-state index contributed by atoms with van der Waals surface area (Å²) in [6.45, 7) is 4.91. The first kappa shape index (κ1) is 22.3. The Balaban J connectivity index is 3.19. The normalized spacial score (nSPS) is 15.5. The van der Waals surface area contributed by atoms with Crippen LogP contribution < -0.4 is 5.32 Å². The van der Waals surface area contributed by atoms with Crippen molar-refractivity contribution in [2.24, 2.45) is 0 Å². The van der Waals surface area contributed by atoms with Gasteiger partial charge in [0.2, 0.25) is 0 Å². The molecule has 2 N–H and O–H groups in total. The van der Waals surface area contributed by atoms with Crippen molar-refractivity contribution in [3.8, 4) is 0 Å². The third-order valence-corrected chi connectivity index (χ3v) is 4.85. The van der Waals surface area contributed by atoms with E-state index in [0.29, 0.717) is 0 Å². The number of alkyl carbamates (subject to hydrolysis) is 1. The molecule has 0 unspecified atom stereocenters.